The Labute approximate surface area is 137 Å². The van der Waals surface area contributed by atoms with Crippen molar-refractivity contribution in [2.45, 2.75) is 6.54 Å². The van der Waals surface area contributed by atoms with Gasteiger partial charge in [0.05, 0.1) is 5.56 Å². The minimum Gasteiger partial charge on any atom is -0.452 e. The van der Waals surface area contributed by atoms with Crippen LogP contribution in [-0.4, -0.2) is 30.4 Å². The molecular weight excluding hydrogens is 346 g/mol. The Hall–Kier alpha value is -2.14. The first-order chi connectivity index (χ1) is 10.6. The van der Waals surface area contributed by atoms with Crippen LogP contribution in [0, 0.1) is 0 Å². The molecule has 0 spiro atoms. The lowest BCUT2D eigenvalue weighted by Gasteiger charge is -2.17. The molecule has 0 aliphatic carbocycles. The van der Waals surface area contributed by atoms with Gasteiger partial charge in [0.25, 0.3) is 5.91 Å². The first-order valence-electron chi connectivity index (χ1n) is 6.77. The van der Waals surface area contributed by atoms with Crippen molar-refractivity contribution in [1.82, 2.24) is 4.90 Å². The number of carbonyl (C=O) groups excluding carboxylic acids is 2. The first kappa shape index (κ1) is 16.2. The number of esters is 1. The van der Waals surface area contributed by atoms with Crippen molar-refractivity contribution in [1.29, 1.82) is 0 Å². The summed E-state index contributed by atoms with van der Waals surface area (Å²) in [5, 5.41) is 0. The standard InChI is InChI=1S/C17H16BrNO3/c1-19(11-13-7-3-2-4-8-13)16(20)12-22-17(21)14-9-5-6-10-15(14)18/h2-10H,11-12H2,1H3. The molecule has 0 heterocycles. The van der Waals surface area contributed by atoms with Crippen LogP contribution in [0.2, 0.25) is 0 Å². The predicted molar refractivity (Wildman–Crippen MR) is 87.3 cm³/mol. The van der Waals surface area contributed by atoms with Gasteiger partial charge >= 0.3 is 5.97 Å². The van der Waals surface area contributed by atoms with E-state index in [1.54, 1.807) is 31.3 Å². The largest absolute Gasteiger partial charge is 0.452 e. The molecule has 2 aromatic rings. The predicted octanol–water partition coefficient (Wildman–Crippen LogP) is 3.26. The fourth-order valence-electron chi connectivity index (χ4n) is 1.89. The van der Waals surface area contributed by atoms with Crippen molar-refractivity contribution in [3.05, 3.63) is 70.2 Å². The fourth-order valence-corrected chi connectivity index (χ4v) is 2.33. The third kappa shape index (κ3) is 4.43. The summed E-state index contributed by atoms with van der Waals surface area (Å²) in [6.45, 7) is 0.204. The zero-order valence-electron chi connectivity index (χ0n) is 12.2. The second kappa shape index (κ2) is 7.75. The molecule has 0 aliphatic rings. The van der Waals surface area contributed by atoms with E-state index in [-0.39, 0.29) is 12.5 Å². The van der Waals surface area contributed by atoms with Crippen LogP contribution in [0.1, 0.15) is 15.9 Å². The molecule has 0 atom stereocenters. The number of carbonyl (C=O) groups is 2. The average Bonchev–Trinajstić information content (AvgIpc) is 2.53. The summed E-state index contributed by atoms with van der Waals surface area (Å²) in [7, 11) is 1.68. The number of hydrogen-bond donors (Lipinski definition) is 0. The molecule has 4 nitrogen and oxygen atoms in total. The Morgan fingerprint density at radius 2 is 1.68 bits per heavy atom. The Morgan fingerprint density at radius 1 is 1.05 bits per heavy atom. The fraction of sp³-hybridized carbons (Fsp3) is 0.176. The highest BCUT2D eigenvalue weighted by Gasteiger charge is 2.15. The van der Waals surface area contributed by atoms with Gasteiger partial charge in [-0.2, -0.15) is 0 Å². The molecule has 0 aliphatic heterocycles. The van der Waals surface area contributed by atoms with Crippen LogP contribution in [0.5, 0.6) is 0 Å². The van der Waals surface area contributed by atoms with E-state index in [1.165, 1.54) is 4.90 Å². The highest BCUT2D eigenvalue weighted by atomic mass is 79.9. The lowest BCUT2D eigenvalue weighted by molar-refractivity contribution is -0.133. The van der Waals surface area contributed by atoms with Gasteiger partial charge in [0, 0.05) is 18.1 Å². The molecule has 0 bridgehead atoms. The zero-order valence-corrected chi connectivity index (χ0v) is 13.7. The third-order valence-electron chi connectivity index (χ3n) is 3.11. The van der Waals surface area contributed by atoms with Crippen LogP contribution in [0.25, 0.3) is 0 Å². The van der Waals surface area contributed by atoms with Crippen LogP contribution >= 0.6 is 15.9 Å². The van der Waals surface area contributed by atoms with Crippen LogP contribution in [0.3, 0.4) is 0 Å². The number of hydrogen-bond acceptors (Lipinski definition) is 3. The van der Waals surface area contributed by atoms with Gasteiger partial charge in [-0.3, -0.25) is 4.79 Å². The quantitative estimate of drug-likeness (QED) is 0.767. The summed E-state index contributed by atoms with van der Waals surface area (Å²) >= 11 is 3.28. The van der Waals surface area contributed by atoms with Gasteiger partial charge < -0.3 is 9.64 Å². The molecular formula is C17H16BrNO3. The molecule has 0 saturated heterocycles. The van der Waals surface area contributed by atoms with E-state index in [4.69, 9.17) is 4.74 Å². The van der Waals surface area contributed by atoms with Crippen molar-refractivity contribution < 1.29 is 14.3 Å². The van der Waals surface area contributed by atoms with E-state index in [0.29, 0.717) is 16.6 Å². The normalized spacial score (nSPS) is 10.1. The topological polar surface area (TPSA) is 46.6 Å². The van der Waals surface area contributed by atoms with Gasteiger partial charge in [-0.15, -0.1) is 0 Å². The van der Waals surface area contributed by atoms with Crippen molar-refractivity contribution in [2.24, 2.45) is 0 Å². The van der Waals surface area contributed by atoms with Gasteiger partial charge in [-0.05, 0) is 33.6 Å². The number of halogens is 1. The lowest BCUT2D eigenvalue weighted by Crippen LogP contribution is -2.30. The van der Waals surface area contributed by atoms with Crippen LogP contribution in [0.15, 0.2) is 59.1 Å². The molecule has 5 heteroatoms. The van der Waals surface area contributed by atoms with Gasteiger partial charge in [-0.1, -0.05) is 42.5 Å². The van der Waals surface area contributed by atoms with Crippen molar-refractivity contribution >= 4 is 27.8 Å². The van der Waals surface area contributed by atoms with Crippen molar-refractivity contribution in [3.63, 3.8) is 0 Å². The molecule has 0 fully saturated rings. The molecule has 2 rings (SSSR count). The average molecular weight is 362 g/mol. The Balaban J connectivity index is 1.87. The van der Waals surface area contributed by atoms with Gasteiger partial charge in [0.15, 0.2) is 6.61 Å². The third-order valence-corrected chi connectivity index (χ3v) is 3.80. The summed E-state index contributed by atoms with van der Waals surface area (Å²) in [4.78, 5) is 25.5. The maximum absolute atomic E-state index is 12.0. The summed E-state index contributed by atoms with van der Waals surface area (Å²) in [6.07, 6.45) is 0. The summed E-state index contributed by atoms with van der Waals surface area (Å²) in [5.74, 6) is -0.766. The number of benzene rings is 2. The van der Waals surface area contributed by atoms with E-state index < -0.39 is 5.97 Å². The number of amides is 1. The summed E-state index contributed by atoms with van der Waals surface area (Å²) < 4.78 is 5.71. The number of rotatable bonds is 5. The second-order valence-corrected chi connectivity index (χ2v) is 5.65. The lowest BCUT2D eigenvalue weighted by atomic mass is 10.2. The monoisotopic (exact) mass is 361 g/mol. The zero-order chi connectivity index (χ0) is 15.9. The minimum absolute atomic E-state index is 0.246. The SMILES string of the molecule is CN(Cc1ccccc1)C(=O)COC(=O)c1ccccc1Br. The number of ether oxygens (including phenoxy) is 1. The van der Waals surface area contributed by atoms with Crippen LogP contribution in [0.4, 0.5) is 0 Å². The van der Waals surface area contributed by atoms with E-state index in [0.717, 1.165) is 5.56 Å². The highest BCUT2D eigenvalue weighted by molar-refractivity contribution is 9.10. The molecule has 2 aromatic carbocycles. The minimum atomic E-state index is -0.520. The molecule has 0 N–H and O–H groups in total. The van der Waals surface area contributed by atoms with Gasteiger partial charge in [0.1, 0.15) is 0 Å². The molecule has 1 amide bonds. The first-order valence-corrected chi connectivity index (χ1v) is 7.57. The Bertz CT molecular complexity index is 658. The maximum atomic E-state index is 12.0. The van der Waals surface area contributed by atoms with E-state index >= 15 is 0 Å². The van der Waals surface area contributed by atoms with E-state index in [2.05, 4.69) is 15.9 Å². The molecule has 0 radical (unpaired) electrons. The molecule has 0 unspecified atom stereocenters. The summed E-state index contributed by atoms with van der Waals surface area (Å²) in [6, 6.07) is 16.6. The second-order valence-electron chi connectivity index (χ2n) is 4.79. The van der Waals surface area contributed by atoms with Crippen LogP contribution in [-0.2, 0) is 16.1 Å². The Kier molecular flexibility index (Phi) is 5.72. The molecule has 0 saturated carbocycles. The maximum Gasteiger partial charge on any atom is 0.339 e. The highest BCUT2D eigenvalue weighted by Crippen LogP contribution is 2.16. The van der Waals surface area contributed by atoms with Crippen molar-refractivity contribution in [3.8, 4) is 0 Å². The molecule has 114 valence electrons. The smallest absolute Gasteiger partial charge is 0.339 e. The van der Waals surface area contributed by atoms with Gasteiger partial charge in [-0.25, -0.2) is 4.79 Å². The summed E-state index contributed by atoms with van der Waals surface area (Å²) in [5.41, 5.74) is 1.43. The molecule has 22 heavy (non-hydrogen) atoms. The molecule has 0 aromatic heterocycles. The number of nitrogens with zero attached hydrogens (tertiary/aromatic N) is 1. The Morgan fingerprint density at radius 3 is 2.36 bits per heavy atom. The van der Waals surface area contributed by atoms with Crippen LogP contribution < -0.4 is 0 Å². The van der Waals surface area contributed by atoms with E-state index in [9.17, 15) is 9.59 Å². The van der Waals surface area contributed by atoms with E-state index in [1.807, 2.05) is 30.3 Å². The van der Waals surface area contributed by atoms with Crippen molar-refractivity contribution in [2.75, 3.05) is 13.7 Å². The van der Waals surface area contributed by atoms with Gasteiger partial charge in [0.2, 0.25) is 0 Å². The number of likely N-dealkylation sites (N-methyl/N-ethyl adjacent to an activating group) is 1.